The quantitative estimate of drug-likeness (QED) is 0.483. The number of hydrogen-bond acceptors (Lipinski definition) is 9. The standard InChI is InChI=1S/C24H23N3O8S/c1-32-16-9-15(10-17(11-16)33-2)22(29)26-12-21(28)25-5-6-27-23(30)20(36-24(27)31)8-14-3-4-18-19(7-14)35-13-34-18/h3-4,7-11H,5-6,12-13H2,1-2H3,(H,25,28)(H,26,29)/b20-8+. The van der Waals surface area contributed by atoms with Crippen LogP contribution in [-0.4, -0.2) is 68.5 Å². The van der Waals surface area contributed by atoms with Crippen molar-refractivity contribution in [2.24, 2.45) is 0 Å². The lowest BCUT2D eigenvalue weighted by Crippen LogP contribution is -2.41. The summed E-state index contributed by atoms with van der Waals surface area (Å²) in [4.78, 5) is 50.9. The second-order valence-corrected chi connectivity index (χ2v) is 8.57. The van der Waals surface area contributed by atoms with E-state index in [4.69, 9.17) is 18.9 Å². The number of nitrogens with one attached hydrogen (secondary N) is 2. The molecule has 0 saturated carbocycles. The summed E-state index contributed by atoms with van der Waals surface area (Å²) in [5, 5.41) is 4.67. The normalized spacial score (nSPS) is 15.3. The van der Waals surface area contributed by atoms with Crippen LogP contribution in [0.4, 0.5) is 4.79 Å². The first-order valence-electron chi connectivity index (χ1n) is 10.8. The number of amides is 4. The number of methoxy groups -OCH3 is 2. The Labute approximate surface area is 210 Å². The fourth-order valence-electron chi connectivity index (χ4n) is 3.42. The van der Waals surface area contributed by atoms with Gasteiger partial charge in [-0.3, -0.25) is 24.1 Å². The number of imide groups is 1. The largest absolute Gasteiger partial charge is 0.497 e. The minimum absolute atomic E-state index is 0.00405. The monoisotopic (exact) mass is 513 g/mol. The van der Waals surface area contributed by atoms with Gasteiger partial charge in [0.25, 0.3) is 17.1 Å². The maximum Gasteiger partial charge on any atom is 0.293 e. The Morgan fingerprint density at radius 1 is 1.03 bits per heavy atom. The van der Waals surface area contributed by atoms with Crippen LogP contribution in [-0.2, 0) is 9.59 Å². The molecule has 36 heavy (non-hydrogen) atoms. The predicted octanol–water partition coefficient (Wildman–Crippen LogP) is 2.01. The first kappa shape index (κ1) is 24.9. The van der Waals surface area contributed by atoms with E-state index >= 15 is 0 Å². The van der Waals surface area contributed by atoms with Crippen molar-refractivity contribution >= 4 is 40.8 Å². The molecule has 188 valence electrons. The number of hydrogen-bond donors (Lipinski definition) is 2. The van der Waals surface area contributed by atoms with Gasteiger partial charge in [-0.05, 0) is 47.7 Å². The zero-order valence-electron chi connectivity index (χ0n) is 19.5. The summed E-state index contributed by atoms with van der Waals surface area (Å²) >= 11 is 0.823. The number of benzene rings is 2. The second kappa shape index (κ2) is 11.0. The van der Waals surface area contributed by atoms with Gasteiger partial charge in [-0.15, -0.1) is 0 Å². The lowest BCUT2D eigenvalue weighted by Gasteiger charge is -2.13. The van der Waals surface area contributed by atoms with Crippen molar-refractivity contribution in [3.63, 3.8) is 0 Å². The van der Waals surface area contributed by atoms with Gasteiger partial charge in [0, 0.05) is 24.7 Å². The molecule has 2 aliphatic heterocycles. The van der Waals surface area contributed by atoms with Crippen LogP contribution >= 0.6 is 11.8 Å². The molecule has 2 heterocycles. The Morgan fingerprint density at radius 3 is 2.47 bits per heavy atom. The van der Waals surface area contributed by atoms with E-state index in [1.807, 2.05) is 0 Å². The van der Waals surface area contributed by atoms with Gasteiger partial charge in [-0.1, -0.05) is 6.07 Å². The third-order valence-electron chi connectivity index (χ3n) is 5.25. The molecule has 1 fully saturated rings. The highest BCUT2D eigenvalue weighted by atomic mass is 32.2. The van der Waals surface area contributed by atoms with E-state index in [1.54, 1.807) is 30.3 Å². The van der Waals surface area contributed by atoms with Crippen LogP contribution in [0.15, 0.2) is 41.3 Å². The second-order valence-electron chi connectivity index (χ2n) is 7.58. The predicted molar refractivity (Wildman–Crippen MR) is 130 cm³/mol. The third kappa shape index (κ3) is 5.71. The van der Waals surface area contributed by atoms with Gasteiger partial charge in [-0.25, -0.2) is 0 Å². The van der Waals surface area contributed by atoms with E-state index in [9.17, 15) is 19.2 Å². The summed E-state index contributed by atoms with van der Waals surface area (Å²) in [6, 6.07) is 9.89. The Kier molecular flexibility index (Phi) is 7.64. The van der Waals surface area contributed by atoms with Crippen molar-refractivity contribution in [1.82, 2.24) is 15.5 Å². The van der Waals surface area contributed by atoms with Crippen molar-refractivity contribution in [3.05, 3.63) is 52.4 Å². The Bertz CT molecular complexity index is 1220. The van der Waals surface area contributed by atoms with E-state index in [0.717, 1.165) is 16.7 Å². The van der Waals surface area contributed by atoms with Gasteiger partial charge < -0.3 is 29.6 Å². The molecule has 11 nitrogen and oxygen atoms in total. The fourth-order valence-corrected chi connectivity index (χ4v) is 4.28. The maximum atomic E-state index is 12.7. The first-order valence-corrected chi connectivity index (χ1v) is 11.6. The van der Waals surface area contributed by atoms with Crippen molar-refractivity contribution < 1.29 is 38.1 Å². The molecule has 0 atom stereocenters. The van der Waals surface area contributed by atoms with Gasteiger partial charge in [0.1, 0.15) is 11.5 Å². The maximum absolute atomic E-state index is 12.7. The van der Waals surface area contributed by atoms with Gasteiger partial charge >= 0.3 is 0 Å². The number of thioether (sulfide) groups is 1. The summed E-state index contributed by atoms with van der Waals surface area (Å²) in [6.07, 6.45) is 1.61. The molecule has 2 aliphatic rings. The van der Waals surface area contributed by atoms with Gasteiger partial charge in [0.15, 0.2) is 11.5 Å². The minimum atomic E-state index is -0.484. The number of fused-ring (bicyclic) bond motifs is 1. The van der Waals surface area contributed by atoms with Crippen LogP contribution in [0, 0.1) is 0 Å². The minimum Gasteiger partial charge on any atom is -0.497 e. The molecule has 1 saturated heterocycles. The van der Waals surface area contributed by atoms with E-state index < -0.39 is 23.0 Å². The molecule has 2 aromatic carbocycles. The van der Waals surface area contributed by atoms with Crippen molar-refractivity contribution in [2.75, 3.05) is 40.6 Å². The molecule has 0 bridgehead atoms. The number of ether oxygens (including phenoxy) is 4. The molecule has 0 spiro atoms. The van der Waals surface area contributed by atoms with Gasteiger partial charge in [0.2, 0.25) is 12.7 Å². The average Bonchev–Trinajstić information content (AvgIpc) is 3.46. The molecule has 12 heteroatoms. The van der Waals surface area contributed by atoms with Crippen molar-refractivity contribution in [3.8, 4) is 23.0 Å². The summed E-state index contributed by atoms with van der Waals surface area (Å²) in [7, 11) is 2.93. The van der Waals surface area contributed by atoms with Gasteiger partial charge in [0.05, 0.1) is 25.7 Å². The third-order valence-corrected chi connectivity index (χ3v) is 6.16. The smallest absolute Gasteiger partial charge is 0.293 e. The zero-order valence-corrected chi connectivity index (χ0v) is 20.3. The van der Waals surface area contributed by atoms with E-state index in [2.05, 4.69) is 10.6 Å². The lowest BCUT2D eigenvalue weighted by atomic mass is 10.2. The summed E-state index contributed by atoms with van der Waals surface area (Å²) in [6.45, 7) is -0.113. The SMILES string of the molecule is COc1cc(OC)cc(C(=O)NCC(=O)NCCN2C(=O)S/C(=C/c3ccc4c(c3)OCO4)C2=O)c1. The molecule has 0 aromatic heterocycles. The van der Waals surface area contributed by atoms with Crippen LogP contribution in [0.1, 0.15) is 15.9 Å². The Morgan fingerprint density at radius 2 is 1.75 bits per heavy atom. The molecule has 2 aromatic rings. The number of carbonyl (C=O) groups is 4. The molecule has 0 aliphatic carbocycles. The Hall–Kier alpha value is -4.19. The van der Waals surface area contributed by atoms with E-state index in [0.29, 0.717) is 28.6 Å². The highest BCUT2D eigenvalue weighted by molar-refractivity contribution is 8.18. The zero-order chi connectivity index (χ0) is 25.7. The first-order chi connectivity index (χ1) is 17.4. The van der Waals surface area contributed by atoms with Crippen LogP contribution in [0.3, 0.4) is 0 Å². The van der Waals surface area contributed by atoms with Crippen LogP contribution in [0.2, 0.25) is 0 Å². The fraction of sp³-hybridized carbons (Fsp3) is 0.250. The molecule has 4 amide bonds. The molecular formula is C24H23N3O8S. The molecular weight excluding hydrogens is 490 g/mol. The van der Waals surface area contributed by atoms with Crippen LogP contribution in [0.5, 0.6) is 23.0 Å². The topological polar surface area (TPSA) is 132 Å². The van der Waals surface area contributed by atoms with Crippen LogP contribution < -0.4 is 29.6 Å². The van der Waals surface area contributed by atoms with E-state index in [-0.39, 0.29) is 36.9 Å². The lowest BCUT2D eigenvalue weighted by molar-refractivity contribution is -0.124. The van der Waals surface area contributed by atoms with Gasteiger partial charge in [-0.2, -0.15) is 0 Å². The average molecular weight is 514 g/mol. The Balaban J connectivity index is 1.25. The summed E-state index contributed by atoms with van der Waals surface area (Å²) < 4.78 is 20.9. The molecule has 0 radical (unpaired) electrons. The highest BCUT2D eigenvalue weighted by Crippen LogP contribution is 2.36. The van der Waals surface area contributed by atoms with E-state index in [1.165, 1.54) is 26.4 Å². The molecule has 4 rings (SSSR count). The van der Waals surface area contributed by atoms with Crippen molar-refractivity contribution in [2.45, 2.75) is 0 Å². The highest BCUT2D eigenvalue weighted by Gasteiger charge is 2.34. The summed E-state index contributed by atoms with van der Waals surface area (Å²) in [5.74, 6) is 0.668. The molecule has 0 unspecified atom stereocenters. The molecule has 2 N–H and O–H groups in total. The van der Waals surface area contributed by atoms with Crippen LogP contribution in [0.25, 0.3) is 6.08 Å². The number of nitrogens with zero attached hydrogens (tertiary/aromatic N) is 1. The summed E-state index contributed by atoms with van der Waals surface area (Å²) in [5.41, 5.74) is 0.966. The number of carbonyl (C=O) groups excluding carboxylic acids is 4. The van der Waals surface area contributed by atoms with Crippen molar-refractivity contribution in [1.29, 1.82) is 0 Å². The number of rotatable bonds is 9.